The number of esters is 2. The van der Waals surface area contributed by atoms with E-state index >= 15 is 0 Å². The quantitative estimate of drug-likeness (QED) is 0.600. The van der Waals surface area contributed by atoms with Crippen molar-refractivity contribution in [2.75, 3.05) is 7.11 Å². The highest BCUT2D eigenvalue weighted by Gasteiger charge is 2.52. The van der Waals surface area contributed by atoms with Crippen LogP contribution in [-0.4, -0.2) is 35.7 Å². The molecular weight excluding hydrogens is 264 g/mol. The Morgan fingerprint density at radius 1 is 1.50 bits per heavy atom. The molecule has 0 aliphatic carbocycles. The van der Waals surface area contributed by atoms with Crippen LogP contribution >= 0.6 is 0 Å². The van der Waals surface area contributed by atoms with Gasteiger partial charge in [-0.1, -0.05) is 13.8 Å². The maximum atomic E-state index is 12.4. The Morgan fingerprint density at radius 2 is 2.05 bits per heavy atom. The van der Waals surface area contributed by atoms with Crippen LogP contribution in [0.2, 0.25) is 0 Å². The molecular formula is C14H22O6. The van der Waals surface area contributed by atoms with Crippen molar-refractivity contribution < 1.29 is 29.0 Å². The first kappa shape index (κ1) is 16.6. The first-order valence-corrected chi connectivity index (χ1v) is 6.67. The van der Waals surface area contributed by atoms with Gasteiger partial charge >= 0.3 is 11.9 Å². The van der Waals surface area contributed by atoms with Crippen molar-refractivity contribution in [1.82, 2.24) is 0 Å². The zero-order chi connectivity index (χ0) is 15.7. The van der Waals surface area contributed by atoms with Crippen LogP contribution in [0.5, 0.6) is 0 Å². The summed E-state index contributed by atoms with van der Waals surface area (Å²) in [6.45, 7) is 6.25. The number of aliphatic hydroxyl groups is 1. The number of cyclic esters (lactones) is 1. The van der Waals surface area contributed by atoms with Gasteiger partial charge in [-0.2, -0.15) is 0 Å². The van der Waals surface area contributed by atoms with Crippen molar-refractivity contribution >= 4 is 17.7 Å². The van der Waals surface area contributed by atoms with E-state index in [9.17, 15) is 19.5 Å². The lowest BCUT2D eigenvalue weighted by molar-refractivity contribution is -0.190. The Hall–Kier alpha value is -1.43. The zero-order valence-electron chi connectivity index (χ0n) is 12.6. The van der Waals surface area contributed by atoms with Crippen LogP contribution in [-0.2, 0) is 23.9 Å². The minimum atomic E-state index is -1.57. The van der Waals surface area contributed by atoms with Gasteiger partial charge in [0.25, 0.3) is 0 Å². The number of hydrogen-bond donors (Lipinski definition) is 1. The predicted octanol–water partition coefficient (Wildman–Crippen LogP) is 1.05. The van der Waals surface area contributed by atoms with E-state index in [1.54, 1.807) is 13.8 Å². The van der Waals surface area contributed by atoms with Crippen LogP contribution in [0.25, 0.3) is 0 Å². The molecule has 4 atom stereocenters. The number of ketones is 1. The van der Waals surface area contributed by atoms with Crippen molar-refractivity contribution in [3.05, 3.63) is 0 Å². The minimum absolute atomic E-state index is 0.143. The molecule has 0 radical (unpaired) electrons. The average Bonchev–Trinajstić information content (AvgIpc) is 2.58. The fourth-order valence-corrected chi connectivity index (χ4v) is 2.32. The summed E-state index contributed by atoms with van der Waals surface area (Å²) in [5.74, 6) is -4.44. The third-order valence-corrected chi connectivity index (χ3v) is 4.42. The Labute approximate surface area is 118 Å². The lowest BCUT2D eigenvalue weighted by Crippen LogP contribution is -2.39. The second-order valence-corrected chi connectivity index (χ2v) is 5.68. The lowest BCUT2D eigenvalue weighted by atomic mass is 9.76. The van der Waals surface area contributed by atoms with Gasteiger partial charge in [-0.05, 0) is 13.3 Å². The minimum Gasteiger partial charge on any atom is -0.468 e. The van der Waals surface area contributed by atoms with Gasteiger partial charge in [0.1, 0.15) is 5.41 Å². The highest BCUT2D eigenvalue weighted by atomic mass is 16.7. The van der Waals surface area contributed by atoms with Crippen LogP contribution in [0.1, 0.15) is 40.5 Å². The van der Waals surface area contributed by atoms with Crippen LogP contribution < -0.4 is 0 Å². The molecule has 0 aromatic rings. The molecule has 0 spiro atoms. The molecule has 0 aromatic heterocycles. The molecule has 0 saturated carbocycles. The van der Waals surface area contributed by atoms with Gasteiger partial charge < -0.3 is 14.6 Å². The summed E-state index contributed by atoms with van der Waals surface area (Å²) in [6.07, 6.45) is 0.140. The fraction of sp³-hybridized carbons (Fsp3) is 0.786. The molecule has 1 rings (SSSR count). The van der Waals surface area contributed by atoms with E-state index in [2.05, 4.69) is 4.74 Å². The normalized spacial score (nSPS) is 32.4. The Kier molecular flexibility index (Phi) is 4.59. The fourth-order valence-electron chi connectivity index (χ4n) is 2.32. The van der Waals surface area contributed by atoms with Crippen molar-refractivity contribution in [2.45, 2.75) is 46.3 Å². The molecule has 1 aliphatic heterocycles. The Morgan fingerprint density at radius 3 is 2.40 bits per heavy atom. The molecule has 6 nitrogen and oxygen atoms in total. The highest BCUT2D eigenvalue weighted by molar-refractivity contribution is 6.04. The zero-order valence-corrected chi connectivity index (χ0v) is 12.6. The lowest BCUT2D eigenvalue weighted by Gasteiger charge is -2.26. The van der Waals surface area contributed by atoms with Gasteiger partial charge in [0.05, 0.1) is 13.0 Å². The van der Waals surface area contributed by atoms with Gasteiger partial charge in [0.15, 0.2) is 5.78 Å². The smallest absolute Gasteiger partial charge is 0.319 e. The number of carbonyl (C=O) groups excluding carboxylic acids is 3. The number of hydrogen-bond acceptors (Lipinski definition) is 6. The summed E-state index contributed by atoms with van der Waals surface area (Å²) < 4.78 is 9.52. The molecule has 0 aromatic carbocycles. The number of ether oxygens (including phenoxy) is 2. The molecule has 1 saturated heterocycles. The molecule has 0 bridgehead atoms. The van der Waals surface area contributed by atoms with Crippen LogP contribution in [0, 0.1) is 17.3 Å². The second-order valence-electron chi connectivity index (χ2n) is 5.68. The van der Waals surface area contributed by atoms with Crippen molar-refractivity contribution in [3.8, 4) is 0 Å². The number of carbonyl (C=O) groups is 3. The summed E-state index contributed by atoms with van der Waals surface area (Å²) in [7, 11) is 1.22. The first-order chi connectivity index (χ1) is 9.10. The standard InChI is InChI=1S/C14H22O6/c1-6-13(3,12(17)19-5)10(15)7-9-8(2)14(4,18)20-11(9)16/h8-9,18H,6-7H2,1-5H3/t8-,9-,13-,14+/m1/s1. The predicted molar refractivity (Wildman–Crippen MR) is 69.4 cm³/mol. The van der Waals surface area contributed by atoms with Gasteiger partial charge in [0, 0.05) is 19.3 Å². The molecule has 1 heterocycles. The molecule has 1 aliphatic rings. The molecule has 1 fully saturated rings. The maximum absolute atomic E-state index is 12.4. The number of methoxy groups -OCH3 is 1. The van der Waals surface area contributed by atoms with E-state index in [1.807, 2.05) is 0 Å². The number of rotatable bonds is 5. The van der Waals surface area contributed by atoms with Gasteiger partial charge in [0.2, 0.25) is 5.79 Å². The summed E-state index contributed by atoms with van der Waals surface area (Å²) in [4.78, 5) is 35.9. The molecule has 114 valence electrons. The van der Waals surface area contributed by atoms with Crippen molar-refractivity contribution in [1.29, 1.82) is 0 Å². The summed E-state index contributed by atoms with van der Waals surface area (Å²) in [5, 5.41) is 9.89. The molecule has 20 heavy (non-hydrogen) atoms. The monoisotopic (exact) mass is 286 g/mol. The van der Waals surface area contributed by atoms with Crippen LogP contribution in [0.4, 0.5) is 0 Å². The van der Waals surface area contributed by atoms with E-state index in [0.717, 1.165) is 0 Å². The average molecular weight is 286 g/mol. The Bertz CT molecular complexity index is 427. The topological polar surface area (TPSA) is 89.9 Å². The molecule has 1 N–H and O–H groups in total. The second kappa shape index (κ2) is 5.52. The molecule has 0 unspecified atom stereocenters. The SMILES string of the molecule is CC[C@](C)(C(=O)C[C@H]1C(=O)O[C@](C)(O)[C@@H]1C)C(=O)OC. The van der Waals surface area contributed by atoms with Crippen molar-refractivity contribution in [3.63, 3.8) is 0 Å². The summed E-state index contributed by atoms with van der Waals surface area (Å²) in [6, 6.07) is 0. The third-order valence-electron chi connectivity index (χ3n) is 4.42. The van der Waals surface area contributed by atoms with E-state index in [0.29, 0.717) is 0 Å². The maximum Gasteiger partial charge on any atom is 0.319 e. The van der Waals surface area contributed by atoms with Gasteiger partial charge in [-0.15, -0.1) is 0 Å². The highest BCUT2D eigenvalue weighted by Crippen LogP contribution is 2.39. The van der Waals surface area contributed by atoms with Gasteiger partial charge in [-0.3, -0.25) is 14.4 Å². The first-order valence-electron chi connectivity index (χ1n) is 6.67. The molecule has 0 amide bonds. The summed E-state index contributed by atoms with van der Waals surface area (Å²) in [5.41, 5.74) is -1.27. The number of Topliss-reactive ketones (excluding diaryl/α,β-unsaturated/α-hetero) is 1. The van der Waals surface area contributed by atoms with E-state index < -0.39 is 35.0 Å². The van der Waals surface area contributed by atoms with Crippen LogP contribution in [0.15, 0.2) is 0 Å². The van der Waals surface area contributed by atoms with E-state index in [-0.39, 0.29) is 18.6 Å². The van der Waals surface area contributed by atoms with Crippen LogP contribution in [0.3, 0.4) is 0 Å². The van der Waals surface area contributed by atoms with E-state index in [4.69, 9.17) is 4.74 Å². The van der Waals surface area contributed by atoms with E-state index in [1.165, 1.54) is 21.0 Å². The largest absolute Gasteiger partial charge is 0.468 e. The third kappa shape index (κ3) is 2.70. The Balaban J connectivity index is 2.90. The summed E-state index contributed by atoms with van der Waals surface area (Å²) >= 11 is 0. The van der Waals surface area contributed by atoms with Gasteiger partial charge in [-0.25, -0.2) is 0 Å². The van der Waals surface area contributed by atoms with Crippen molar-refractivity contribution in [2.24, 2.45) is 17.3 Å². The molecule has 6 heteroatoms.